The van der Waals surface area contributed by atoms with E-state index in [0.717, 1.165) is 13.1 Å². The number of carbonyl (C=O) groups excluding carboxylic acids is 1. The van der Waals surface area contributed by atoms with Gasteiger partial charge in [0.25, 0.3) is 0 Å². The Balaban J connectivity index is 4.22. The smallest absolute Gasteiger partial charge is 0.323 e. The van der Waals surface area contributed by atoms with Crippen LogP contribution in [0.4, 0.5) is 0 Å². The average Bonchev–Trinajstić information content (AvgIpc) is 2.21. The molecule has 102 valence electrons. The number of nitrogens with zero attached hydrogens (tertiary/aromatic N) is 1. The number of likely N-dealkylation sites (N-methyl/N-ethyl adjacent to an activating group) is 1. The summed E-state index contributed by atoms with van der Waals surface area (Å²) < 4.78 is 10.7. The Morgan fingerprint density at radius 1 is 1.29 bits per heavy atom. The molecular weight excluding hydrogens is 218 g/mol. The normalized spacial score (nSPS) is 13.8. The standard InChI is InChI=1S/C13H27NO3/c1-7-14(9-10-16-8-2)11(3)12(15)17-13(4,5)6/h11H,7-10H2,1-6H3. The van der Waals surface area contributed by atoms with Crippen molar-refractivity contribution in [3.8, 4) is 0 Å². The van der Waals surface area contributed by atoms with E-state index in [1.165, 1.54) is 0 Å². The van der Waals surface area contributed by atoms with E-state index in [4.69, 9.17) is 9.47 Å². The monoisotopic (exact) mass is 245 g/mol. The van der Waals surface area contributed by atoms with Crippen molar-refractivity contribution in [1.29, 1.82) is 0 Å². The minimum atomic E-state index is -0.426. The molecule has 0 bridgehead atoms. The van der Waals surface area contributed by atoms with Gasteiger partial charge in [0.2, 0.25) is 0 Å². The number of rotatable bonds is 7. The quantitative estimate of drug-likeness (QED) is 0.508. The van der Waals surface area contributed by atoms with Crippen molar-refractivity contribution in [2.45, 2.75) is 53.2 Å². The Labute approximate surface area is 105 Å². The van der Waals surface area contributed by atoms with Crippen LogP contribution in [0.3, 0.4) is 0 Å². The zero-order valence-corrected chi connectivity index (χ0v) is 12.1. The fourth-order valence-electron chi connectivity index (χ4n) is 1.49. The van der Waals surface area contributed by atoms with Crippen LogP contribution >= 0.6 is 0 Å². The van der Waals surface area contributed by atoms with E-state index in [2.05, 4.69) is 4.90 Å². The highest BCUT2D eigenvalue weighted by Gasteiger charge is 2.25. The van der Waals surface area contributed by atoms with Gasteiger partial charge in [-0.15, -0.1) is 0 Å². The van der Waals surface area contributed by atoms with Crippen LogP contribution in [0.1, 0.15) is 41.5 Å². The van der Waals surface area contributed by atoms with Crippen molar-refractivity contribution in [2.24, 2.45) is 0 Å². The third kappa shape index (κ3) is 7.34. The number of hydrogen-bond donors (Lipinski definition) is 0. The highest BCUT2D eigenvalue weighted by Crippen LogP contribution is 2.11. The van der Waals surface area contributed by atoms with Crippen molar-refractivity contribution in [2.75, 3.05) is 26.3 Å². The maximum absolute atomic E-state index is 11.9. The summed E-state index contributed by atoms with van der Waals surface area (Å²) in [6, 6.07) is -0.223. The highest BCUT2D eigenvalue weighted by molar-refractivity contribution is 5.75. The highest BCUT2D eigenvalue weighted by atomic mass is 16.6. The third-order valence-corrected chi connectivity index (χ3v) is 2.43. The lowest BCUT2D eigenvalue weighted by atomic mass is 10.2. The van der Waals surface area contributed by atoms with Gasteiger partial charge in [-0.25, -0.2) is 0 Å². The first-order chi connectivity index (χ1) is 7.81. The molecule has 0 aromatic heterocycles. The summed E-state index contributed by atoms with van der Waals surface area (Å²) >= 11 is 0. The lowest BCUT2D eigenvalue weighted by Gasteiger charge is -2.29. The molecule has 0 aromatic carbocycles. The minimum absolute atomic E-state index is 0.171. The molecule has 4 nitrogen and oxygen atoms in total. The summed E-state index contributed by atoms with van der Waals surface area (Å²) in [5.74, 6) is -0.171. The van der Waals surface area contributed by atoms with Gasteiger partial charge in [-0.2, -0.15) is 0 Å². The molecule has 0 heterocycles. The first-order valence-electron chi connectivity index (χ1n) is 6.36. The van der Waals surface area contributed by atoms with E-state index in [-0.39, 0.29) is 12.0 Å². The van der Waals surface area contributed by atoms with Crippen molar-refractivity contribution >= 4 is 5.97 Å². The van der Waals surface area contributed by atoms with E-state index >= 15 is 0 Å². The molecule has 0 aromatic rings. The number of hydrogen-bond acceptors (Lipinski definition) is 4. The van der Waals surface area contributed by atoms with Crippen molar-refractivity contribution in [3.63, 3.8) is 0 Å². The van der Waals surface area contributed by atoms with Crippen LogP contribution < -0.4 is 0 Å². The zero-order valence-electron chi connectivity index (χ0n) is 12.1. The van der Waals surface area contributed by atoms with Gasteiger partial charge in [-0.1, -0.05) is 6.92 Å². The lowest BCUT2D eigenvalue weighted by molar-refractivity contribution is -0.160. The molecule has 17 heavy (non-hydrogen) atoms. The van der Waals surface area contributed by atoms with Gasteiger partial charge in [-0.3, -0.25) is 9.69 Å². The molecule has 0 saturated heterocycles. The van der Waals surface area contributed by atoms with E-state index in [9.17, 15) is 4.79 Å². The Morgan fingerprint density at radius 2 is 1.88 bits per heavy atom. The second kappa shape index (κ2) is 7.67. The molecule has 0 saturated carbocycles. The van der Waals surface area contributed by atoms with E-state index in [1.807, 2.05) is 41.5 Å². The fourth-order valence-corrected chi connectivity index (χ4v) is 1.49. The van der Waals surface area contributed by atoms with Crippen LogP contribution in [0.25, 0.3) is 0 Å². The first kappa shape index (κ1) is 16.4. The summed E-state index contributed by atoms with van der Waals surface area (Å²) in [7, 11) is 0. The zero-order chi connectivity index (χ0) is 13.5. The molecule has 0 N–H and O–H groups in total. The summed E-state index contributed by atoms with van der Waals surface area (Å²) in [6.45, 7) is 14.5. The molecular formula is C13H27NO3. The minimum Gasteiger partial charge on any atom is -0.459 e. The van der Waals surface area contributed by atoms with Crippen LogP contribution in [0, 0.1) is 0 Å². The van der Waals surface area contributed by atoms with E-state index in [0.29, 0.717) is 13.2 Å². The van der Waals surface area contributed by atoms with E-state index in [1.54, 1.807) is 0 Å². The molecule has 1 atom stereocenters. The van der Waals surface area contributed by atoms with Gasteiger partial charge >= 0.3 is 5.97 Å². The number of carbonyl (C=O) groups is 1. The second-order valence-electron chi connectivity index (χ2n) is 5.03. The Bertz CT molecular complexity index is 223. The predicted octanol–water partition coefficient (Wildman–Crippen LogP) is 2.08. The molecule has 0 aliphatic heterocycles. The third-order valence-electron chi connectivity index (χ3n) is 2.43. The summed E-state index contributed by atoms with van der Waals surface area (Å²) in [5.41, 5.74) is -0.426. The topological polar surface area (TPSA) is 38.8 Å². The number of ether oxygens (including phenoxy) is 2. The Morgan fingerprint density at radius 3 is 2.29 bits per heavy atom. The van der Waals surface area contributed by atoms with Crippen molar-refractivity contribution < 1.29 is 14.3 Å². The fraction of sp³-hybridized carbons (Fsp3) is 0.923. The summed E-state index contributed by atoms with van der Waals surface area (Å²) in [4.78, 5) is 13.9. The van der Waals surface area contributed by atoms with E-state index < -0.39 is 5.60 Å². The predicted molar refractivity (Wildman–Crippen MR) is 69.0 cm³/mol. The van der Waals surface area contributed by atoms with Crippen LogP contribution in [0.15, 0.2) is 0 Å². The first-order valence-corrected chi connectivity index (χ1v) is 6.36. The molecule has 0 spiro atoms. The summed E-state index contributed by atoms with van der Waals surface area (Å²) in [6.07, 6.45) is 0. The Hall–Kier alpha value is -0.610. The Kier molecular flexibility index (Phi) is 7.39. The molecule has 0 aliphatic rings. The second-order valence-corrected chi connectivity index (χ2v) is 5.03. The van der Waals surface area contributed by atoms with Gasteiger partial charge < -0.3 is 9.47 Å². The lowest BCUT2D eigenvalue weighted by Crippen LogP contribution is -2.43. The molecule has 0 amide bonds. The average molecular weight is 245 g/mol. The molecule has 1 unspecified atom stereocenters. The van der Waals surface area contributed by atoms with Crippen LogP contribution in [0.5, 0.6) is 0 Å². The molecule has 0 fully saturated rings. The molecule has 4 heteroatoms. The van der Waals surface area contributed by atoms with Gasteiger partial charge in [0.05, 0.1) is 6.61 Å². The summed E-state index contributed by atoms with van der Waals surface area (Å²) in [5, 5.41) is 0. The van der Waals surface area contributed by atoms with Crippen LogP contribution in [-0.2, 0) is 14.3 Å². The van der Waals surface area contributed by atoms with Crippen molar-refractivity contribution in [1.82, 2.24) is 4.90 Å². The van der Waals surface area contributed by atoms with Crippen LogP contribution in [0.2, 0.25) is 0 Å². The van der Waals surface area contributed by atoms with Gasteiger partial charge in [-0.05, 0) is 41.2 Å². The van der Waals surface area contributed by atoms with Gasteiger partial charge in [0.1, 0.15) is 11.6 Å². The SMILES string of the molecule is CCOCCN(CC)C(C)C(=O)OC(C)(C)C. The van der Waals surface area contributed by atoms with Crippen molar-refractivity contribution in [3.05, 3.63) is 0 Å². The largest absolute Gasteiger partial charge is 0.459 e. The molecule has 0 aliphatic carbocycles. The number of esters is 1. The maximum Gasteiger partial charge on any atom is 0.323 e. The van der Waals surface area contributed by atoms with Crippen LogP contribution in [-0.4, -0.2) is 48.8 Å². The molecule has 0 rings (SSSR count). The van der Waals surface area contributed by atoms with Gasteiger partial charge in [0, 0.05) is 13.2 Å². The maximum atomic E-state index is 11.9. The van der Waals surface area contributed by atoms with Gasteiger partial charge in [0.15, 0.2) is 0 Å². The molecule has 0 radical (unpaired) electrons.